The second-order valence-corrected chi connectivity index (χ2v) is 8.75. The molecule has 4 N–H and O–H groups in total. The van der Waals surface area contributed by atoms with Crippen molar-refractivity contribution >= 4 is 0 Å². The lowest BCUT2D eigenvalue weighted by molar-refractivity contribution is -0.0346. The molecule has 10 heteroatoms. The molecule has 0 aromatic heterocycles. The van der Waals surface area contributed by atoms with Gasteiger partial charge in [-0.2, -0.15) is 0 Å². The van der Waals surface area contributed by atoms with Crippen molar-refractivity contribution in [3.63, 3.8) is 0 Å². The molecule has 6 rings (SSSR count). The molecule has 0 radical (unpaired) electrons. The van der Waals surface area contributed by atoms with E-state index in [1.807, 2.05) is 31.3 Å². The van der Waals surface area contributed by atoms with Crippen LogP contribution in [0.3, 0.4) is 0 Å². The van der Waals surface area contributed by atoms with Crippen molar-refractivity contribution in [2.75, 3.05) is 46.7 Å². The highest BCUT2D eigenvalue weighted by Crippen LogP contribution is 2.48. The second kappa shape index (κ2) is 8.88. The molecule has 0 fully saturated rings. The third-order valence-electron chi connectivity index (χ3n) is 6.62. The van der Waals surface area contributed by atoms with Gasteiger partial charge in [-0.1, -0.05) is 12.1 Å². The summed E-state index contributed by atoms with van der Waals surface area (Å²) in [5.41, 5.74) is 3.25. The lowest BCUT2D eigenvalue weighted by Crippen LogP contribution is -2.37. The van der Waals surface area contributed by atoms with Crippen molar-refractivity contribution in [2.45, 2.75) is 30.7 Å². The Morgan fingerprint density at radius 3 is 2.21 bits per heavy atom. The molecule has 4 heterocycles. The summed E-state index contributed by atoms with van der Waals surface area (Å²) in [5, 5.41) is 27.2. The largest absolute Gasteiger partial charge is 0.454 e. The van der Waals surface area contributed by atoms with Crippen LogP contribution in [0.5, 0.6) is 23.0 Å². The first kappa shape index (κ1) is 21.9. The van der Waals surface area contributed by atoms with E-state index in [-0.39, 0.29) is 32.2 Å². The highest BCUT2D eigenvalue weighted by atomic mass is 16.7. The van der Waals surface area contributed by atoms with Crippen LogP contribution in [0.15, 0.2) is 24.3 Å². The third-order valence-corrected chi connectivity index (χ3v) is 6.62. The fourth-order valence-corrected chi connectivity index (χ4v) is 5.04. The van der Waals surface area contributed by atoms with E-state index in [4.69, 9.17) is 28.4 Å². The molecular weight excluding hydrogens is 444 g/mol. The van der Waals surface area contributed by atoms with Gasteiger partial charge >= 0.3 is 0 Å². The number of hydrogen-bond donors (Lipinski definition) is 4. The van der Waals surface area contributed by atoms with Crippen LogP contribution in [0, 0.1) is 0 Å². The Balaban J connectivity index is 1.15. The number of nitrogens with one attached hydrogen (secondary N) is 2. The van der Waals surface area contributed by atoms with Gasteiger partial charge in [0, 0.05) is 24.2 Å². The van der Waals surface area contributed by atoms with Crippen LogP contribution in [0.25, 0.3) is 0 Å². The zero-order valence-corrected chi connectivity index (χ0v) is 18.8. The zero-order valence-electron chi connectivity index (χ0n) is 18.8. The van der Waals surface area contributed by atoms with Crippen LogP contribution < -0.4 is 29.6 Å². The molecule has 0 saturated carbocycles. The Morgan fingerprint density at radius 2 is 1.47 bits per heavy atom. The Kier molecular flexibility index (Phi) is 5.72. The zero-order chi connectivity index (χ0) is 23.2. The van der Waals surface area contributed by atoms with Gasteiger partial charge in [-0.3, -0.25) is 0 Å². The van der Waals surface area contributed by atoms with Gasteiger partial charge in [-0.25, -0.2) is 0 Å². The molecule has 0 aliphatic carbocycles. The van der Waals surface area contributed by atoms with E-state index < -0.39 is 18.5 Å². The highest BCUT2D eigenvalue weighted by Gasteiger charge is 2.37. The summed E-state index contributed by atoms with van der Waals surface area (Å²) in [5.74, 6) is 2.54. The van der Waals surface area contributed by atoms with Crippen LogP contribution in [-0.4, -0.2) is 63.2 Å². The first-order valence-electron chi connectivity index (χ1n) is 11.5. The van der Waals surface area contributed by atoms with Gasteiger partial charge in [-0.15, -0.1) is 0 Å². The summed E-state index contributed by atoms with van der Waals surface area (Å²) < 4.78 is 35.1. The highest BCUT2D eigenvalue weighted by molar-refractivity contribution is 5.56. The first-order chi connectivity index (χ1) is 16.6. The van der Waals surface area contributed by atoms with Crippen molar-refractivity contribution in [3.05, 3.63) is 46.5 Å². The number of ether oxygens (including phenoxy) is 6. The Hall–Kier alpha value is -2.60. The van der Waals surface area contributed by atoms with Crippen LogP contribution >= 0.6 is 0 Å². The smallest absolute Gasteiger partial charge is 0.253 e. The number of aliphatic hydroxyl groups excluding tert-OH is 2. The fourth-order valence-electron chi connectivity index (χ4n) is 5.04. The Bertz CT molecular complexity index is 1080. The number of aliphatic hydroxyl groups is 2. The summed E-state index contributed by atoms with van der Waals surface area (Å²) in [6.45, 7) is 2.10. The van der Waals surface area contributed by atoms with Crippen LogP contribution in [0.4, 0.5) is 0 Å². The molecule has 182 valence electrons. The minimum absolute atomic E-state index is 0.154. The molecule has 10 nitrogen and oxygen atoms in total. The van der Waals surface area contributed by atoms with Crippen molar-refractivity contribution in [3.8, 4) is 23.0 Å². The van der Waals surface area contributed by atoms with E-state index in [2.05, 4.69) is 10.6 Å². The lowest BCUT2D eigenvalue weighted by atomic mass is 9.94. The Morgan fingerprint density at radius 1 is 0.794 bits per heavy atom. The van der Waals surface area contributed by atoms with E-state index in [0.29, 0.717) is 42.6 Å². The molecule has 0 amide bonds. The molecule has 2 aromatic carbocycles. The predicted molar refractivity (Wildman–Crippen MR) is 118 cm³/mol. The van der Waals surface area contributed by atoms with Crippen molar-refractivity contribution in [1.29, 1.82) is 0 Å². The maximum Gasteiger partial charge on any atom is 0.253 e. The van der Waals surface area contributed by atoms with E-state index in [1.54, 1.807) is 0 Å². The van der Waals surface area contributed by atoms with Gasteiger partial charge in [0.1, 0.15) is 12.2 Å². The minimum atomic E-state index is -0.703. The number of hydrogen-bond acceptors (Lipinski definition) is 10. The summed E-state index contributed by atoms with van der Waals surface area (Å²) in [6, 6.07) is 7.40. The minimum Gasteiger partial charge on any atom is -0.454 e. The normalized spacial score (nSPS) is 28.5. The average molecular weight is 472 g/mol. The van der Waals surface area contributed by atoms with Crippen molar-refractivity contribution in [2.24, 2.45) is 0 Å². The van der Waals surface area contributed by atoms with E-state index in [9.17, 15) is 10.2 Å². The average Bonchev–Trinajstić information content (AvgIpc) is 3.49. The monoisotopic (exact) mass is 472 g/mol. The van der Waals surface area contributed by atoms with Gasteiger partial charge in [0.25, 0.3) is 6.29 Å². The summed E-state index contributed by atoms with van der Waals surface area (Å²) in [6.07, 6.45) is -2.47. The summed E-state index contributed by atoms with van der Waals surface area (Å²) >= 11 is 0. The SMILES string of the molecule is CNC[C@@H]1OC[C@@H](O)c2ccc3c(c21)OC(CNC[C@H]1OC[C@H](O)c2ccc4c(c21)OCO4)O3. The Labute approximate surface area is 196 Å². The summed E-state index contributed by atoms with van der Waals surface area (Å²) in [7, 11) is 1.86. The quantitative estimate of drug-likeness (QED) is 0.489. The number of rotatable bonds is 6. The number of likely N-dealkylation sites (N-methyl/N-ethyl adjacent to an activating group) is 1. The molecule has 2 aromatic rings. The molecule has 5 atom stereocenters. The molecule has 0 spiro atoms. The van der Waals surface area contributed by atoms with E-state index in [0.717, 1.165) is 22.3 Å². The molecule has 1 unspecified atom stereocenters. The van der Waals surface area contributed by atoms with Crippen molar-refractivity contribution < 1.29 is 38.6 Å². The number of fused-ring (bicyclic) bond motifs is 6. The van der Waals surface area contributed by atoms with Gasteiger partial charge in [0.2, 0.25) is 6.79 Å². The molecule has 0 saturated heterocycles. The van der Waals surface area contributed by atoms with Crippen LogP contribution in [0.2, 0.25) is 0 Å². The maximum absolute atomic E-state index is 10.4. The van der Waals surface area contributed by atoms with Gasteiger partial charge in [0.05, 0.1) is 32.0 Å². The molecule has 34 heavy (non-hydrogen) atoms. The fraction of sp³-hybridized carbons (Fsp3) is 0.500. The van der Waals surface area contributed by atoms with E-state index in [1.165, 1.54) is 0 Å². The van der Waals surface area contributed by atoms with Gasteiger partial charge < -0.3 is 49.3 Å². The van der Waals surface area contributed by atoms with Crippen LogP contribution in [0.1, 0.15) is 46.7 Å². The third kappa shape index (κ3) is 3.67. The first-order valence-corrected chi connectivity index (χ1v) is 11.5. The van der Waals surface area contributed by atoms with Gasteiger partial charge in [0.15, 0.2) is 23.0 Å². The molecule has 4 aliphatic heterocycles. The summed E-state index contributed by atoms with van der Waals surface area (Å²) in [4.78, 5) is 0. The standard InChI is InChI=1S/C24H28N2O8/c1-25-6-18-22-13(15(28)9-29-18)3-5-17-24(22)34-20(33-17)8-26-7-19-21-12(14(27)10-30-19)2-4-16-23(21)32-11-31-16/h2-5,14-15,18-20,25-28H,6-11H2,1H3/t14-,15+,18-,19+,20?/m0/s1. The molecule has 0 bridgehead atoms. The van der Waals surface area contributed by atoms with Gasteiger partial charge in [-0.05, 0) is 30.3 Å². The van der Waals surface area contributed by atoms with Crippen molar-refractivity contribution in [1.82, 2.24) is 10.6 Å². The molecular formula is C24H28N2O8. The number of benzene rings is 2. The van der Waals surface area contributed by atoms with Crippen LogP contribution in [-0.2, 0) is 9.47 Å². The molecule has 4 aliphatic rings. The topological polar surface area (TPSA) is 120 Å². The second-order valence-electron chi connectivity index (χ2n) is 8.75. The maximum atomic E-state index is 10.4. The lowest BCUT2D eigenvalue weighted by Gasteiger charge is -2.30. The predicted octanol–water partition coefficient (Wildman–Crippen LogP) is 1.23. The van der Waals surface area contributed by atoms with E-state index >= 15 is 0 Å².